The summed E-state index contributed by atoms with van der Waals surface area (Å²) in [6, 6.07) is 20.7. The highest BCUT2D eigenvalue weighted by molar-refractivity contribution is 7.09. The molecule has 7 nitrogen and oxygen atoms in total. The van der Waals surface area contributed by atoms with Crippen LogP contribution in [0.1, 0.15) is 99.0 Å². The standard InChI is InChI=1S/C37H49N5O2S/c1-6-30(7-2)42-34-16-15-29(21-32(34)39-35(42)22-31-14-11-19-45-31)36(43)40-33(20-25(3)4)37(44)38-23-27-17-18-41(24-27)26(5)28-12-9-8-10-13-28/h8-16,19,21,25-27,30,33H,6-7,17-18,20,22-24H2,1-5H3,(H,38,44)(H,40,43)/t26?,27?,33-/m0/s1. The Bertz CT molecular complexity index is 1540. The Labute approximate surface area is 272 Å². The summed E-state index contributed by atoms with van der Waals surface area (Å²) in [6.45, 7) is 13.4. The largest absolute Gasteiger partial charge is 0.354 e. The molecule has 45 heavy (non-hydrogen) atoms. The molecule has 1 saturated heterocycles. The second-order valence-corrected chi connectivity index (χ2v) is 14.0. The third-order valence-corrected chi connectivity index (χ3v) is 10.2. The predicted octanol–water partition coefficient (Wildman–Crippen LogP) is 7.39. The highest BCUT2D eigenvalue weighted by Gasteiger charge is 2.29. The fraction of sp³-hybridized carbons (Fsp3) is 0.486. The molecule has 1 aliphatic rings. The first-order valence-electron chi connectivity index (χ1n) is 16.7. The van der Waals surface area contributed by atoms with Crippen LogP contribution in [0.2, 0.25) is 0 Å². The molecule has 0 radical (unpaired) electrons. The van der Waals surface area contributed by atoms with Gasteiger partial charge in [0.15, 0.2) is 0 Å². The van der Waals surface area contributed by atoms with Gasteiger partial charge in [0.2, 0.25) is 5.91 Å². The van der Waals surface area contributed by atoms with Crippen molar-refractivity contribution >= 4 is 34.2 Å². The number of benzene rings is 2. The molecule has 8 heteroatoms. The van der Waals surface area contributed by atoms with Crippen molar-refractivity contribution in [2.45, 2.75) is 84.8 Å². The van der Waals surface area contributed by atoms with Gasteiger partial charge < -0.3 is 15.2 Å². The zero-order valence-corrected chi connectivity index (χ0v) is 28.3. The van der Waals surface area contributed by atoms with Crippen molar-refractivity contribution in [2.75, 3.05) is 19.6 Å². The van der Waals surface area contributed by atoms with Crippen LogP contribution in [0.15, 0.2) is 66.0 Å². The third kappa shape index (κ3) is 8.03. The van der Waals surface area contributed by atoms with E-state index in [4.69, 9.17) is 4.98 Å². The molecule has 2 N–H and O–H groups in total. The molecule has 1 fully saturated rings. The number of aromatic nitrogens is 2. The second-order valence-electron chi connectivity index (χ2n) is 13.0. The van der Waals surface area contributed by atoms with Gasteiger partial charge in [0.05, 0.1) is 11.0 Å². The highest BCUT2D eigenvalue weighted by atomic mass is 32.1. The molecule has 240 valence electrons. The molecular formula is C37H49N5O2S. The zero-order valence-electron chi connectivity index (χ0n) is 27.5. The lowest BCUT2D eigenvalue weighted by molar-refractivity contribution is -0.123. The van der Waals surface area contributed by atoms with E-state index in [1.165, 1.54) is 10.4 Å². The molecule has 2 aromatic heterocycles. The summed E-state index contributed by atoms with van der Waals surface area (Å²) in [5.41, 5.74) is 3.72. The second kappa shape index (κ2) is 15.2. The predicted molar refractivity (Wildman–Crippen MR) is 185 cm³/mol. The van der Waals surface area contributed by atoms with Gasteiger partial charge in [0.25, 0.3) is 5.91 Å². The topological polar surface area (TPSA) is 79.3 Å². The number of amides is 2. The monoisotopic (exact) mass is 627 g/mol. The summed E-state index contributed by atoms with van der Waals surface area (Å²) in [7, 11) is 0. The quantitative estimate of drug-likeness (QED) is 0.153. The van der Waals surface area contributed by atoms with Gasteiger partial charge in [-0.3, -0.25) is 14.5 Å². The first-order valence-corrected chi connectivity index (χ1v) is 17.6. The lowest BCUT2D eigenvalue weighted by atomic mass is 10.0. The fourth-order valence-electron chi connectivity index (χ4n) is 6.68. The zero-order chi connectivity index (χ0) is 31.9. The van der Waals surface area contributed by atoms with Crippen molar-refractivity contribution < 1.29 is 9.59 Å². The molecule has 3 atom stereocenters. The number of nitrogens with zero attached hydrogens (tertiary/aromatic N) is 3. The van der Waals surface area contributed by atoms with E-state index in [0.29, 0.717) is 36.5 Å². The molecule has 2 amide bonds. The van der Waals surface area contributed by atoms with E-state index in [2.05, 4.69) is 103 Å². The maximum atomic E-state index is 13.6. The summed E-state index contributed by atoms with van der Waals surface area (Å²) in [6.07, 6.45) is 4.43. The normalized spacial score (nSPS) is 16.8. The number of carbonyl (C=O) groups excluding carboxylic acids is 2. The molecule has 0 saturated carbocycles. The number of rotatable bonds is 14. The third-order valence-electron chi connectivity index (χ3n) is 9.29. The van der Waals surface area contributed by atoms with E-state index < -0.39 is 6.04 Å². The van der Waals surface area contributed by atoms with Crippen LogP contribution in [0.5, 0.6) is 0 Å². The highest BCUT2D eigenvalue weighted by Crippen LogP contribution is 2.29. The van der Waals surface area contributed by atoms with Gasteiger partial charge in [-0.2, -0.15) is 0 Å². The minimum atomic E-state index is -0.592. The van der Waals surface area contributed by atoms with E-state index >= 15 is 0 Å². The van der Waals surface area contributed by atoms with Crippen LogP contribution in [0.4, 0.5) is 0 Å². The number of hydrogen-bond acceptors (Lipinski definition) is 5. The minimum absolute atomic E-state index is 0.107. The van der Waals surface area contributed by atoms with E-state index in [9.17, 15) is 9.59 Å². The molecule has 0 bridgehead atoms. The van der Waals surface area contributed by atoms with Crippen LogP contribution in [-0.4, -0.2) is 51.9 Å². The van der Waals surface area contributed by atoms with Gasteiger partial charge in [0.1, 0.15) is 11.9 Å². The van der Waals surface area contributed by atoms with Crippen molar-refractivity contribution in [3.63, 3.8) is 0 Å². The molecule has 5 rings (SSSR count). The molecule has 1 aliphatic heterocycles. The van der Waals surface area contributed by atoms with Crippen LogP contribution >= 0.6 is 11.3 Å². The Balaban J connectivity index is 1.25. The lowest BCUT2D eigenvalue weighted by Gasteiger charge is -2.25. The fourth-order valence-corrected chi connectivity index (χ4v) is 7.38. The van der Waals surface area contributed by atoms with Crippen LogP contribution in [0, 0.1) is 11.8 Å². The number of carbonyl (C=O) groups is 2. The summed E-state index contributed by atoms with van der Waals surface area (Å²) in [5.74, 6) is 1.33. The van der Waals surface area contributed by atoms with Gasteiger partial charge in [-0.1, -0.05) is 64.1 Å². The lowest BCUT2D eigenvalue weighted by Crippen LogP contribution is -2.48. The number of fused-ring (bicyclic) bond motifs is 1. The van der Waals surface area contributed by atoms with Crippen molar-refractivity contribution in [1.82, 2.24) is 25.1 Å². The van der Waals surface area contributed by atoms with Gasteiger partial charge in [-0.05, 0) is 86.2 Å². The Morgan fingerprint density at radius 3 is 2.49 bits per heavy atom. The molecule has 0 aliphatic carbocycles. The Kier molecular flexibility index (Phi) is 11.1. The molecule has 4 aromatic rings. The molecule has 2 unspecified atom stereocenters. The smallest absolute Gasteiger partial charge is 0.252 e. The summed E-state index contributed by atoms with van der Waals surface area (Å²) in [5, 5.41) is 8.34. The molecule has 3 heterocycles. The van der Waals surface area contributed by atoms with E-state index in [0.717, 1.165) is 55.6 Å². The number of imidazole rings is 1. The van der Waals surface area contributed by atoms with Gasteiger partial charge >= 0.3 is 0 Å². The number of likely N-dealkylation sites (tertiary alicyclic amines) is 1. The van der Waals surface area contributed by atoms with Gasteiger partial charge in [0, 0.05) is 42.0 Å². The summed E-state index contributed by atoms with van der Waals surface area (Å²) >= 11 is 1.74. The molecular weight excluding hydrogens is 579 g/mol. The average Bonchev–Trinajstić information content (AvgIpc) is 3.81. The van der Waals surface area contributed by atoms with E-state index in [-0.39, 0.29) is 17.7 Å². The number of hydrogen-bond donors (Lipinski definition) is 2. The van der Waals surface area contributed by atoms with Crippen LogP contribution < -0.4 is 10.6 Å². The maximum Gasteiger partial charge on any atom is 0.252 e. The molecule has 2 aromatic carbocycles. The first-order chi connectivity index (χ1) is 21.8. The number of nitrogens with one attached hydrogen (secondary N) is 2. The molecule has 0 spiro atoms. The maximum absolute atomic E-state index is 13.6. The van der Waals surface area contributed by atoms with E-state index in [1.807, 2.05) is 18.2 Å². The average molecular weight is 628 g/mol. The van der Waals surface area contributed by atoms with Gasteiger partial charge in [-0.25, -0.2) is 4.98 Å². The van der Waals surface area contributed by atoms with Crippen molar-refractivity contribution in [3.05, 3.63) is 87.9 Å². The van der Waals surface area contributed by atoms with Crippen molar-refractivity contribution in [1.29, 1.82) is 0 Å². The van der Waals surface area contributed by atoms with E-state index in [1.54, 1.807) is 11.3 Å². The first kappa shape index (κ1) is 32.9. The summed E-state index contributed by atoms with van der Waals surface area (Å²) in [4.78, 5) is 35.8. The van der Waals surface area contributed by atoms with Crippen molar-refractivity contribution in [3.8, 4) is 0 Å². The Morgan fingerprint density at radius 1 is 1.02 bits per heavy atom. The van der Waals surface area contributed by atoms with Gasteiger partial charge in [-0.15, -0.1) is 11.3 Å². The Hall–Kier alpha value is -3.49. The van der Waals surface area contributed by atoms with Crippen LogP contribution in [-0.2, 0) is 11.2 Å². The SMILES string of the molecule is CCC(CC)n1c(Cc2cccs2)nc2cc(C(=O)N[C@@H](CC(C)C)C(=O)NCC3CCN(C(C)c4ccccc4)C3)ccc21. The minimum Gasteiger partial charge on any atom is -0.354 e. The summed E-state index contributed by atoms with van der Waals surface area (Å²) < 4.78 is 2.36. The van der Waals surface area contributed by atoms with Crippen LogP contribution in [0.25, 0.3) is 11.0 Å². The van der Waals surface area contributed by atoms with Crippen molar-refractivity contribution in [2.24, 2.45) is 11.8 Å². The van der Waals surface area contributed by atoms with Crippen LogP contribution in [0.3, 0.4) is 0 Å². The Morgan fingerprint density at radius 2 is 1.80 bits per heavy atom. The number of thiophene rings is 1.